The van der Waals surface area contributed by atoms with E-state index in [-0.39, 0.29) is 11.4 Å². The molecule has 150 valence electrons. The zero-order valence-corrected chi connectivity index (χ0v) is 16.7. The number of hydrogen-bond donors (Lipinski definition) is 1. The van der Waals surface area contributed by atoms with E-state index < -0.39 is 0 Å². The van der Waals surface area contributed by atoms with Crippen LogP contribution in [0.2, 0.25) is 0 Å². The van der Waals surface area contributed by atoms with Crippen molar-refractivity contribution >= 4 is 22.4 Å². The van der Waals surface area contributed by atoms with Gasteiger partial charge in [0.05, 0.1) is 33.3 Å². The predicted octanol–water partition coefficient (Wildman–Crippen LogP) is 1.91. The first kappa shape index (κ1) is 19.2. The second kappa shape index (κ2) is 8.09. The fraction of sp³-hybridized carbons (Fsp3) is 0.304. The summed E-state index contributed by atoms with van der Waals surface area (Å²) in [7, 11) is 1.60. The van der Waals surface area contributed by atoms with Crippen LogP contribution >= 0.6 is 0 Å². The molecule has 6 heteroatoms. The van der Waals surface area contributed by atoms with E-state index in [1.165, 1.54) is 4.90 Å². The van der Waals surface area contributed by atoms with Gasteiger partial charge in [-0.1, -0.05) is 0 Å². The number of hydrogen-bond acceptors (Lipinski definition) is 5. The van der Waals surface area contributed by atoms with Crippen molar-refractivity contribution in [3.8, 4) is 5.75 Å². The molecular formula is C23H25N2O4+. The Hall–Kier alpha value is -3.12. The Morgan fingerprint density at radius 1 is 1.10 bits per heavy atom. The van der Waals surface area contributed by atoms with Crippen LogP contribution in [0.1, 0.15) is 22.8 Å². The van der Waals surface area contributed by atoms with Crippen LogP contribution in [0.3, 0.4) is 0 Å². The minimum absolute atomic E-state index is 0.0861. The van der Waals surface area contributed by atoms with Crippen LogP contribution in [0.25, 0.3) is 11.0 Å². The van der Waals surface area contributed by atoms with E-state index in [2.05, 4.69) is 4.90 Å². The lowest BCUT2D eigenvalue weighted by Crippen LogP contribution is -3.13. The summed E-state index contributed by atoms with van der Waals surface area (Å²) in [5.74, 6) is 0.762. The third kappa shape index (κ3) is 4.17. The van der Waals surface area contributed by atoms with Gasteiger partial charge < -0.3 is 19.0 Å². The summed E-state index contributed by atoms with van der Waals surface area (Å²) in [5, 5.41) is 0.958. The normalized spacial score (nSPS) is 14.9. The Morgan fingerprint density at radius 3 is 2.48 bits per heavy atom. The molecule has 0 unspecified atom stereocenters. The molecule has 1 saturated heterocycles. The molecule has 0 amide bonds. The van der Waals surface area contributed by atoms with Crippen molar-refractivity contribution in [1.29, 1.82) is 0 Å². The first-order valence-electron chi connectivity index (χ1n) is 9.84. The molecule has 0 spiro atoms. The van der Waals surface area contributed by atoms with Gasteiger partial charge >= 0.3 is 5.63 Å². The average molecular weight is 393 g/mol. The number of benzene rings is 2. The zero-order valence-electron chi connectivity index (χ0n) is 16.7. The molecule has 1 N–H and O–H groups in total. The third-order valence-corrected chi connectivity index (χ3v) is 5.59. The van der Waals surface area contributed by atoms with Crippen LogP contribution in [0.4, 0.5) is 5.69 Å². The molecule has 1 aliphatic heterocycles. The van der Waals surface area contributed by atoms with Crippen LogP contribution < -0.4 is 20.2 Å². The van der Waals surface area contributed by atoms with Crippen LogP contribution in [0.5, 0.6) is 5.75 Å². The molecule has 29 heavy (non-hydrogen) atoms. The van der Waals surface area contributed by atoms with Crippen molar-refractivity contribution in [2.75, 3.05) is 38.2 Å². The number of quaternary nitrogens is 1. The van der Waals surface area contributed by atoms with Crippen molar-refractivity contribution < 1.29 is 18.8 Å². The minimum atomic E-state index is -0.329. The molecule has 0 saturated carbocycles. The third-order valence-electron chi connectivity index (χ3n) is 5.59. The summed E-state index contributed by atoms with van der Waals surface area (Å²) in [6, 6.07) is 15.0. The fourth-order valence-electron chi connectivity index (χ4n) is 3.92. The molecule has 1 aromatic heterocycles. The van der Waals surface area contributed by atoms with Gasteiger partial charge in [-0.3, -0.25) is 4.79 Å². The number of fused-ring (bicyclic) bond motifs is 1. The summed E-state index contributed by atoms with van der Waals surface area (Å²) in [6.45, 7) is 6.19. The van der Waals surface area contributed by atoms with Crippen LogP contribution in [-0.4, -0.2) is 39.1 Å². The zero-order chi connectivity index (χ0) is 20.4. The molecule has 2 heterocycles. The molecule has 2 aromatic carbocycles. The summed E-state index contributed by atoms with van der Waals surface area (Å²) in [5.41, 5.74) is 3.13. The highest BCUT2D eigenvalue weighted by Gasteiger charge is 2.22. The predicted molar refractivity (Wildman–Crippen MR) is 112 cm³/mol. The monoisotopic (exact) mass is 393 g/mol. The highest BCUT2D eigenvalue weighted by molar-refractivity contribution is 5.94. The number of methoxy groups -OCH3 is 1. The topological polar surface area (TPSA) is 64.2 Å². The largest absolute Gasteiger partial charge is 0.497 e. The van der Waals surface area contributed by atoms with Gasteiger partial charge in [0.25, 0.3) is 0 Å². The molecule has 0 radical (unpaired) electrons. The number of Topliss-reactive ketones (excluding diaryl/α,β-unsaturated/α-hetero) is 1. The maximum Gasteiger partial charge on any atom is 0.336 e. The number of nitrogens with one attached hydrogen (secondary N) is 1. The average Bonchev–Trinajstić information content (AvgIpc) is 2.73. The Kier molecular flexibility index (Phi) is 5.36. The lowest BCUT2D eigenvalue weighted by molar-refractivity contribution is -0.914. The summed E-state index contributed by atoms with van der Waals surface area (Å²) >= 11 is 0. The van der Waals surface area contributed by atoms with Gasteiger partial charge in [0.2, 0.25) is 0 Å². The van der Waals surface area contributed by atoms with Crippen molar-refractivity contribution in [3.63, 3.8) is 0 Å². The number of rotatable bonds is 5. The lowest BCUT2D eigenvalue weighted by atomic mass is 10.1. The molecule has 6 nitrogen and oxygen atoms in total. The van der Waals surface area contributed by atoms with E-state index in [9.17, 15) is 9.59 Å². The van der Waals surface area contributed by atoms with Gasteiger partial charge in [0, 0.05) is 34.3 Å². The Labute approximate surface area is 169 Å². The SMILES string of the molecule is COc1ccc2c(C[NH+]3CCN(c4ccc(C(C)=O)cc4)CC3)cc(=O)oc2c1. The van der Waals surface area contributed by atoms with Crippen molar-refractivity contribution in [2.45, 2.75) is 13.5 Å². The summed E-state index contributed by atoms with van der Waals surface area (Å²) < 4.78 is 10.6. The highest BCUT2D eigenvalue weighted by Crippen LogP contribution is 2.22. The number of anilines is 1. The van der Waals surface area contributed by atoms with E-state index in [0.717, 1.165) is 54.9 Å². The van der Waals surface area contributed by atoms with E-state index in [0.29, 0.717) is 11.3 Å². The molecular weight excluding hydrogens is 368 g/mol. The van der Waals surface area contributed by atoms with Crippen molar-refractivity contribution in [1.82, 2.24) is 0 Å². The number of carbonyl (C=O) groups is 1. The summed E-state index contributed by atoms with van der Waals surface area (Å²) in [6.07, 6.45) is 0. The van der Waals surface area contributed by atoms with Crippen LogP contribution in [-0.2, 0) is 6.54 Å². The van der Waals surface area contributed by atoms with Gasteiger partial charge in [-0.2, -0.15) is 0 Å². The molecule has 0 bridgehead atoms. The van der Waals surface area contributed by atoms with E-state index >= 15 is 0 Å². The second-order valence-corrected chi connectivity index (χ2v) is 7.47. The van der Waals surface area contributed by atoms with Crippen molar-refractivity contribution in [3.05, 3.63) is 70.1 Å². The number of ether oxygens (including phenoxy) is 1. The van der Waals surface area contributed by atoms with Gasteiger partial charge in [-0.05, 0) is 43.3 Å². The Balaban J connectivity index is 1.46. The van der Waals surface area contributed by atoms with E-state index in [4.69, 9.17) is 9.15 Å². The van der Waals surface area contributed by atoms with Gasteiger partial charge in [-0.15, -0.1) is 0 Å². The van der Waals surface area contributed by atoms with Crippen molar-refractivity contribution in [2.24, 2.45) is 0 Å². The standard InChI is InChI=1S/C23H24N2O4/c1-16(26)17-3-5-19(6-4-17)25-11-9-24(10-12-25)15-18-13-23(27)29-22-14-20(28-2)7-8-21(18)22/h3-8,13-14H,9-12,15H2,1-2H3/p+1. The first-order valence-corrected chi connectivity index (χ1v) is 9.84. The molecule has 3 aromatic rings. The second-order valence-electron chi connectivity index (χ2n) is 7.47. The Morgan fingerprint density at radius 2 is 1.83 bits per heavy atom. The number of nitrogens with zero attached hydrogens (tertiary/aromatic N) is 1. The number of carbonyl (C=O) groups excluding carboxylic acids is 1. The molecule has 0 aliphatic carbocycles. The molecule has 4 rings (SSSR count). The maximum atomic E-state index is 12.0. The van der Waals surface area contributed by atoms with Crippen LogP contribution in [0.15, 0.2) is 57.7 Å². The summed E-state index contributed by atoms with van der Waals surface area (Å²) in [4.78, 5) is 27.2. The van der Waals surface area contributed by atoms with E-state index in [1.807, 2.05) is 36.4 Å². The maximum absolute atomic E-state index is 12.0. The number of ketones is 1. The molecule has 0 atom stereocenters. The van der Waals surface area contributed by atoms with E-state index in [1.54, 1.807) is 26.2 Å². The van der Waals surface area contributed by atoms with Gasteiger partial charge in [-0.25, -0.2) is 4.79 Å². The van der Waals surface area contributed by atoms with Crippen LogP contribution in [0, 0.1) is 0 Å². The number of piperazine rings is 1. The van der Waals surface area contributed by atoms with Gasteiger partial charge in [0.15, 0.2) is 5.78 Å². The van der Waals surface area contributed by atoms with Gasteiger partial charge in [0.1, 0.15) is 17.9 Å². The minimum Gasteiger partial charge on any atom is -0.497 e. The molecule has 1 aliphatic rings. The Bertz CT molecular complexity index is 1080. The lowest BCUT2D eigenvalue weighted by Gasteiger charge is -2.33. The quantitative estimate of drug-likeness (QED) is 0.530. The fourth-order valence-corrected chi connectivity index (χ4v) is 3.92. The molecule has 1 fully saturated rings. The first-order chi connectivity index (χ1) is 14.0. The highest BCUT2D eigenvalue weighted by atomic mass is 16.5. The smallest absolute Gasteiger partial charge is 0.336 e.